The number of benzene rings is 1. The molecule has 1 saturated carbocycles. The Kier molecular flexibility index (Phi) is 5.67. The number of carbonyl (C=O) groups is 2. The van der Waals surface area contributed by atoms with Crippen molar-refractivity contribution in [2.75, 3.05) is 31.1 Å². The molecule has 0 bridgehead atoms. The standard InChI is InChI=1S/C25H31N5O2/c1-25(11-12-25)24(32)29-15-9-19(10-16-29)18-4-6-21(7-5-18)30(22-3-2-13-27-28-22)23(31)20-8-14-26-17-20/h2-7,13,19-20,26H,8-12,14-17H2,1H3/t20-/m0/s1. The van der Waals surface area contributed by atoms with E-state index in [1.165, 1.54) is 5.56 Å². The summed E-state index contributed by atoms with van der Waals surface area (Å²) >= 11 is 0. The average molecular weight is 434 g/mol. The zero-order chi connectivity index (χ0) is 22.1. The second-order valence-electron chi connectivity index (χ2n) is 9.66. The molecule has 0 spiro atoms. The third-order valence-corrected chi connectivity index (χ3v) is 7.34. The van der Waals surface area contributed by atoms with Gasteiger partial charge in [0.05, 0.1) is 11.6 Å². The first-order chi connectivity index (χ1) is 15.5. The van der Waals surface area contributed by atoms with Gasteiger partial charge < -0.3 is 10.2 Å². The maximum Gasteiger partial charge on any atom is 0.237 e. The predicted octanol–water partition coefficient (Wildman–Crippen LogP) is 3.26. The molecule has 1 aliphatic carbocycles. The lowest BCUT2D eigenvalue weighted by Gasteiger charge is -2.34. The minimum absolute atomic E-state index is 0.0492. The number of nitrogens with zero attached hydrogens (tertiary/aromatic N) is 4. The van der Waals surface area contributed by atoms with Crippen molar-refractivity contribution in [3.8, 4) is 0 Å². The number of anilines is 2. The number of nitrogens with one attached hydrogen (secondary N) is 1. The number of hydrogen-bond acceptors (Lipinski definition) is 5. The van der Waals surface area contributed by atoms with Crippen molar-refractivity contribution in [3.63, 3.8) is 0 Å². The van der Waals surface area contributed by atoms with Crippen molar-refractivity contribution < 1.29 is 9.59 Å². The normalized spacial score (nSPS) is 22.5. The molecule has 168 valence electrons. The van der Waals surface area contributed by atoms with Gasteiger partial charge in [0.1, 0.15) is 0 Å². The molecule has 3 fully saturated rings. The zero-order valence-electron chi connectivity index (χ0n) is 18.7. The smallest absolute Gasteiger partial charge is 0.237 e. The molecular weight excluding hydrogens is 402 g/mol. The monoisotopic (exact) mass is 433 g/mol. The van der Waals surface area contributed by atoms with E-state index < -0.39 is 0 Å². The quantitative estimate of drug-likeness (QED) is 0.783. The minimum Gasteiger partial charge on any atom is -0.342 e. The molecule has 7 nitrogen and oxygen atoms in total. The highest BCUT2D eigenvalue weighted by Crippen LogP contribution is 2.47. The summed E-state index contributed by atoms with van der Waals surface area (Å²) in [5, 5.41) is 11.5. The van der Waals surface area contributed by atoms with Crippen LogP contribution in [0.5, 0.6) is 0 Å². The summed E-state index contributed by atoms with van der Waals surface area (Å²) in [7, 11) is 0. The molecule has 3 aliphatic rings. The third kappa shape index (κ3) is 4.13. The van der Waals surface area contributed by atoms with E-state index in [2.05, 4.69) is 39.5 Å². The lowest BCUT2D eigenvalue weighted by Crippen LogP contribution is -2.41. The van der Waals surface area contributed by atoms with Crippen LogP contribution in [0.3, 0.4) is 0 Å². The zero-order valence-corrected chi connectivity index (χ0v) is 18.7. The van der Waals surface area contributed by atoms with Gasteiger partial charge in [0.15, 0.2) is 5.82 Å². The van der Waals surface area contributed by atoms with Crippen LogP contribution in [-0.2, 0) is 9.59 Å². The fourth-order valence-electron chi connectivity index (χ4n) is 4.93. The Morgan fingerprint density at radius 1 is 1.09 bits per heavy atom. The van der Waals surface area contributed by atoms with Gasteiger partial charge in [-0.2, -0.15) is 5.10 Å². The van der Waals surface area contributed by atoms with Gasteiger partial charge in [0.25, 0.3) is 0 Å². The predicted molar refractivity (Wildman–Crippen MR) is 122 cm³/mol. The Balaban J connectivity index is 1.30. The van der Waals surface area contributed by atoms with Crippen LogP contribution in [0.2, 0.25) is 0 Å². The highest BCUT2D eigenvalue weighted by Gasteiger charge is 2.47. The molecule has 2 amide bonds. The van der Waals surface area contributed by atoms with Gasteiger partial charge >= 0.3 is 0 Å². The van der Waals surface area contributed by atoms with Crippen molar-refractivity contribution >= 4 is 23.3 Å². The molecule has 2 aromatic rings. The molecule has 0 radical (unpaired) electrons. The second kappa shape index (κ2) is 8.62. The van der Waals surface area contributed by atoms with E-state index in [-0.39, 0.29) is 17.2 Å². The number of piperidine rings is 1. The SMILES string of the molecule is CC1(C(=O)N2CCC(c3ccc(N(C(=O)[C@H]4CCNC4)c4cccnn4)cc3)CC2)CC1. The Bertz CT molecular complexity index is 960. The number of likely N-dealkylation sites (tertiary alicyclic amines) is 1. The van der Waals surface area contributed by atoms with Gasteiger partial charge in [-0.1, -0.05) is 19.1 Å². The van der Waals surface area contributed by atoms with E-state index in [9.17, 15) is 9.59 Å². The maximum absolute atomic E-state index is 13.3. The maximum atomic E-state index is 13.3. The molecule has 1 aromatic heterocycles. The molecule has 1 atom stereocenters. The van der Waals surface area contributed by atoms with E-state index in [0.717, 1.165) is 57.4 Å². The molecule has 2 saturated heterocycles. The molecule has 0 unspecified atom stereocenters. The molecule has 2 aliphatic heterocycles. The summed E-state index contributed by atoms with van der Waals surface area (Å²) in [6.07, 6.45) is 6.50. The van der Waals surface area contributed by atoms with E-state index >= 15 is 0 Å². The van der Waals surface area contributed by atoms with Gasteiger partial charge in [-0.3, -0.25) is 14.5 Å². The molecule has 32 heavy (non-hydrogen) atoms. The highest BCUT2D eigenvalue weighted by atomic mass is 16.2. The first-order valence-electron chi connectivity index (χ1n) is 11.8. The molecule has 1 aromatic carbocycles. The van der Waals surface area contributed by atoms with Crippen molar-refractivity contribution in [3.05, 3.63) is 48.2 Å². The summed E-state index contributed by atoms with van der Waals surface area (Å²) in [4.78, 5) is 29.7. The second-order valence-corrected chi connectivity index (χ2v) is 9.66. The number of hydrogen-bond donors (Lipinski definition) is 1. The topological polar surface area (TPSA) is 78.4 Å². The van der Waals surface area contributed by atoms with Crippen LogP contribution in [0.25, 0.3) is 0 Å². The summed E-state index contributed by atoms with van der Waals surface area (Å²) < 4.78 is 0. The first-order valence-corrected chi connectivity index (χ1v) is 11.8. The Hall–Kier alpha value is -2.80. The van der Waals surface area contributed by atoms with Crippen LogP contribution < -0.4 is 10.2 Å². The summed E-state index contributed by atoms with van der Waals surface area (Å²) in [5.74, 6) is 1.35. The molecule has 5 rings (SSSR count). The Morgan fingerprint density at radius 2 is 1.84 bits per heavy atom. The van der Waals surface area contributed by atoms with E-state index in [1.807, 2.05) is 18.2 Å². The van der Waals surface area contributed by atoms with Crippen molar-refractivity contribution in [2.24, 2.45) is 11.3 Å². The number of carbonyl (C=O) groups excluding carboxylic acids is 2. The number of rotatable bonds is 5. The van der Waals surface area contributed by atoms with Gasteiger partial charge in [-0.05, 0) is 74.4 Å². The minimum atomic E-state index is -0.0837. The van der Waals surface area contributed by atoms with Crippen LogP contribution in [0.15, 0.2) is 42.6 Å². The number of amides is 2. The van der Waals surface area contributed by atoms with Crippen molar-refractivity contribution in [1.82, 2.24) is 20.4 Å². The van der Waals surface area contributed by atoms with E-state index in [1.54, 1.807) is 17.2 Å². The third-order valence-electron chi connectivity index (χ3n) is 7.34. The largest absolute Gasteiger partial charge is 0.342 e. The fraction of sp³-hybridized carbons (Fsp3) is 0.520. The number of aromatic nitrogens is 2. The molecule has 3 heterocycles. The van der Waals surface area contributed by atoms with Crippen LogP contribution in [0.1, 0.15) is 50.5 Å². The lowest BCUT2D eigenvalue weighted by atomic mass is 9.88. The Morgan fingerprint density at radius 3 is 2.44 bits per heavy atom. The van der Waals surface area contributed by atoms with Gasteiger partial charge in [-0.15, -0.1) is 5.10 Å². The van der Waals surface area contributed by atoms with Crippen LogP contribution in [0.4, 0.5) is 11.5 Å². The van der Waals surface area contributed by atoms with Gasteiger partial charge in [-0.25, -0.2) is 0 Å². The van der Waals surface area contributed by atoms with Crippen LogP contribution in [0, 0.1) is 11.3 Å². The van der Waals surface area contributed by atoms with Crippen molar-refractivity contribution in [1.29, 1.82) is 0 Å². The lowest BCUT2D eigenvalue weighted by molar-refractivity contribution is -0.137. The molecule has 1 N–H and O–H groups in total. The molecular formula is C25H31N5O2. The first kappa shape index (κ1) is 21.1. The van der Waals surface area contributed by atoms with Crippen LogP contribution in [-0.4, -0.2) is 53.1 Å². The highest BCUT2D eigenvalue weighted by molar-refractivity contribution is 6.01. The average Bonchev–Trinajstić information content (AvgIpc) is 3.35. The summed E-state index contributed by atoms with van der Waals surface area (Å²) in [5.41, 5.74) is 2.01. The van der Waals surface area contributed by atoms with E-state index in [4.69, 9.17) is 0 Å². The van der Waals surface area contributed by atoms with Gasteiger partial charge in [0, 0.05) is 31.2 Å². The summed E-state index contributed by atoms with van der Waals surface area (Å²) in [6.45, 7) is 5.32. The molecule has 7 heteroatoms. The van der Waals surface area contributed by atoms with E-state index in [0.29, 0.717) is 24.2 Å². The summed E-state index contributed by atoms with van der Waals surface area (Å²) in [6, 6.07) is 11.9. The Labute approximate surface area is 189 Å². The van der Waals surface area contributed by atoms with Gasteiger partial charge in [0.2, 0.25) is 11.8 Å². The fourth-order valence-corrected chi connectivity index (χ4v) is 4.93. The van der Waals surface area contributed by atoms with Crippen LogP contribution >= 0.6 is 0 Å². The van der Waals surface area contributed by atoms with Crippen molar-refractivity contribution in [2.45, 2.75) is 44.9 Å².